The lowest BCUT2D eigenvalue weighted by Gasteiger charge is -2.27. The maximum absolute atomic E-state index is 13.6. The number of fused-ring (bicyclic) bond motifs is 1. The number of pyridine rings is 1. The molecule has 0 fully saturated rings. The van der Waals surface area contributed by atoms with Gasteiger partial charge in [0.2, 0.25) is 0 Å². The van der Waals surface area contributed by atoms with Gasteiger partial charge in [-0.05, 0) is 29.5 Å². The topological polar surface area (TPSA) is 83.6 Å². The molecule has 7 nitrogen and oxygen atoms in total. The van der Waals surface area contributed by atoms with Crippen molar-refractivity contribution in [3.05, 3.63) is 83.8 Å². The molecule has 0 bridgehead atoms. The maximum Gasteiger partial charge on any atom is 0.412 e. The molecule has 2 aromatic carbocycles. The molecule has 33 heavy (non-hydrogen) atoms. The van der Waals surface area contributed by atoms with Gasteiger partial charge in [0, 0.05) is 25.2 Å². The highest BCUT2D eigenvalue weighted by Crippen LogP contribution is 2.19. The van der Waals surface area contributed by atoms with E-state index in [-0.39, 0.29) is 18.2 Å². The number of carbonyl (C=O) groups excluding carboxylic acids is 2. The molecule has 2 N–H and O–H groups in total. The third-order valence-electron chi connectivity index (χ3n) is 5.04. The van der Waals surface area contributed by atoms with Crippen LogP contribution in [0.2, 0.25) is 5.02 Å². The first kappa shape index (κ1) is 24.0. The molecule has 0 saturated heterocycles. The largest absolute Gasteiger partial charge is 0.447 e. The molecule has 0 aliphatic heterocycles. The van der Waals surface area contributed by atoms with Crippen LogP contribution in [0.5, 0.6) is 0 Å². The molecule has 0 unspecified atom stereocenters. The third kappa shape index (κ3) is 6.43. The summed E-state index contributed by atoms with van der Waals surface area (Å²) >= 11 is 5.93. The van der Waals surface area contributed by atoms with Gasteiger partial charge in [-0.1, -0.05) is 54.1 Å². The summed E-state index contributed by atoms with van der Waals surface area (Å²) < 4.78 is 18.9. The second-order valence-corrected chi connectivity index (χ2v) is 7.68. The number of benzene rings is 2. The molecule has 1 heterocycles. The summed E-state index contributed by atoms with van der Waals surface area (Å²) in [6, 6.07) is 12.9. The summed E-state index contributed by atoms with van der Waals surface area (Å²) in [4.78, 5) is 30.4. The third-order valence-corrected chi connectivity index (χ3v) is 5.46. The average Bonchev–Trinajstić information content (AvgIpc) is 2.82. The number of urea groups is 1. The van der Waals surface area contributed by atoms with Crippen molar-refractivity contribution in [3.8, 4) is 0 Å². The van der Waals surface area contributed by atoms with Crippen molar-refractivity contribution in [3.63, 3.8) is 0 Å². The summed E-state index contributed by atoms with van der Waals surface area (Å²) in [5.41, 5.74) is 0.456. The van der Waals surface area contributed by atoms with E-state index in [2.05, 4.69) is 22.2 Å². The van der Waals surface area contributed by atoms with Crippen LogP contribution < -0.4 is 10.6 Å². The maximum atomic E-state index is 13.6. The smallest absolute Gasteiger partial charge is 0.412 e. The summed E-state index contributed by atoms with van der Waals surface area (Å²) in [5, 5.41) is 7.13. The minimum absolute atomic E-state index is 0.0367. The number of ether oxygens (including phenoxy) is 1. The Labute approximate surface area is 196 Å². The van der Waals surface area contributed by atoms with Gasteiger partial charge in [0.05, 0.1) is 11.1 Å². The number of nitrogens with zero attached hydrogens (tertiary/aromatic N) is 2. The molecule has 0 aliphatic rings. The molecule has 0 aliphatic carbocycles. The van der Waals surface area contributed by atoms with E-state index in [1.54, 1.807) is 31.5 Å². The zero-order chi connectivity index (χ0) is 23.8. The molecule has 0 radical (unpaired) electrons. The molecule has 0 spiro atoms. The van der Waals surface area contributed by atoms with Gasteiger partial charge in [0.15, 0.2) is 0 Å². The lowest BCUT2D eigenvalue weighted by atomic mass is 10.2. The molecule has 3 amide bonds. The average molecular weight is 471 g/mol. The number of rotatable bonds is 8. The minimum Gasteiger partial charge on any atom is -0.447 e. The van der Waals surface area contributed by atoms with Gasteiger partial charge < -0.3 is 15.0 Å². The predicted molar refractivity (Wildman–Crippen MR) is 127 cm³/mol. The van der Waals surface area contributed by atoms with E-state index in [1.807, 2.05) is 24.3 Å². The first-order valence-corrected chi connectivity index (χ1v) is 10.6. The van der Waals surface area contributed by atoms with Crippen molar-refractivity contribution < 1.29 is 18.7 Å². The van der Waals surface area contributed by atoms with Crippen LogP contribution in [-0.4, -0.2) is 41.7 Å². The Hall–Kier alpha value is -3.65. The van der Waals surface area contributed by atoms with E-state index < -0.39 is 24.0 Å². The van der Waals surface area contributed by atoms with Crippen LogP contribution in [0.15, 0.2) is 67.4 Å². The molecule has 1 atom stereocenters. The van der Waals surface area contributed by atoms with Gasteiger partial charge in [-0.2, -0.15) is 0 Å². The summed E-state index contributed by atoms with van der Waals surface area (Å²) in [5.74, 6) is -0.196. The summed E-state index contributed by atoms with van der Waals surface area (Å²) in [6.45, 7) is 3.69. The van der Waals surface area contributed by atoms with E-state index in [1.165, 1.54) is 17.0 Å². The molecule has 0 saturated carbocycles. The van der Waals surface area contributed by atoms with Crippen molar-refractivity contribution in [1.82, 2.24) is 15.2 Å². The van der Waals surface area contributed by atoms with Gasteiger partial charge in [-0.15, -0.1) is 6.58 Å². The van der Waals surface area contributed by atoms with Crippen LogP contribution in [-0.2, 0) is 11.3 Å². The second-order valence-electron chi connectivity index (χ2n) is 7.30. The van der Waals surface area contributed by atoms with Crippen molar-refractivity contribution in [2.24, 2.45) is 0 Å². The molecular formula is C24H24ClFN4O3. The highest BCUT2D eigenvalue weighted by atomic mass is 35.5. The highest BCUT2D eigenvalue weighted by molar-refractivity contribution is 6.31. The number of carbonyl (C=O) groups is 2. The van der Waals surface area contributed by atoms with Crippen molar-refractivity contribution in [2.45, 2.75) is 19.0 Å². The zero-order valence-electron chi connectivity index (χ0n) is 18.1. The summed E-state index contributed by atoms with van der Waals surface area (Å²) in [6.07, 6.45) is 3.00. The molecular weight excluding hydrogens is 447 g/mol. The number of likely N-dealkylation sites (N-methyl/N-ethyl adjacent to an activating group) is 1. The Morgan fingerprint density at radius 2 is 2.00 bits per heavy atom. The van der Waals surface area contributed by atoms with Gasteiger partial charge in [0.1, 0.15) is 18.2 Å². The molecule has 1 aromatic heterocycles. The highest BCUT2D eigenvalue weighted by Gasteiger charge is 2.21. The standard InChI is InChI=1S/C24H24ClFN4O3/c1-3-7-19(30(2)23(31)28-14-18-10-6-11-20(26)22(18)25)15-33-24(32)29-21-12-16-8-4-5-9-17(16)13-27-21/h3-6,8-13,19H,1,7,14-15H2,2H3,(H,28,31)(H,27,29,32)/t19-/m0/s1. The number of aromatic nitrogens is 1. The molecule has 9 heteroatoms. The number of anilines is 1. The molecule has 3 rings (SSSR count). The molecule has 3 aromatic rings. The fraction of sp³-hybridized carbons (Fsp3) is 0.208. The lowest BCUT2D eigenvalue weighted by Crippen LogP contribution is -2.45. The monoisotopic (exact) mass is 470 g/mol. The van der Waals surface area contributed by atoms with Crippen LogP contribution >= 0.6 is 11.6 Å². The minimum atomic E-state index is -0.688. The lowest BCUT2D eigenvalue weighted by molar-refractivity contribution is 0.118. The van der Waals surface area contributed by atoms with Crippen LogP contribution in [0, 0.1) is 5.82 Å². The van der Waals surface area contributed by atoms with Crippen molar-refractivity contribution >= 4 is 40.3 Å². The Morgan fingerprint density at radius 1 is 1.24 bits per heavy atom. The van der Waals surface area contributed by atoms with Crippen LogP contribution in [0.4, 0.5) is 19.8 Å². The number of amides is 3. The first-order valence-electron chi connectivity index (χ1n) is 10.2. The Bertz CT molecular complexity index is 1160. The van der Waals surface area contributed by atoms with Crippen LogP contribution in [0.3, 0.4) is 0 Å². The number of hydrogen-bond donors (Lipinski definition) is 2. The van der Waals surface area contributed by atoms with Crippen LogP contribution in [0.1, 0.15) is 12.0 Å². The molecule has 172 valence electrons. The Morgan fingerprint density at radius 3 is 2.76 bits per heavy atom. The van der Waals surface area contributed by atoms with E-state index in [9.17, 15) is 14.0 Å². The number of nitrogens with one attached hydrogen (secondary N) is 2. The Kier molecular flexibility index (Phi) is 8.21. The number of hydrogen-bond acceptors (Lipinski definition) is 4. The van der Waals surface area contributed by atoms with E-state index in [0.717, 1.165) is 10.8 Å². The zero-order valence-corrected chi connectivity index (χ0v) is 18.8. The fourth-order valence-electron chi connectivity index (χ4n) is 3.14. The van der Waals surface area contributed by atoms with Crippen molar-refractivity contribution in [1.29, 1.82) is 0 Å². The van der Waals surface area contributed by atoms with Gasteiger partial charge in [0.25, 0.3) is 0 Å². The van der Waals surface area contributed by atoms with Gasteiger partial charge in [-0.3, -0.25) is 5.32 Å². The normalized spacial score (nSPS) is 11.5. The van der Waals surface area contributed by atoms with Crippen molar-refractivity contribution in [2.75, 3.05) is 19.0 Å². The van der Waals surface area contributed by atoms with E-state index in [0.29, 0.717) is 17.8 Å². The number of halogens is 2. The van der Waals surface area contributed by atoms with Gasteiger partial charge >= 0.3 is 12.1 Å². The fourth-order valence-corrected chi connectivity index (χ4v) is 3.33. The second kappa shape index (κ2) is 11.3. The van der Waals surface area contributed by atoms with Crippen LogP contribution in [0.25, 0.3) is 10.8 Å². The predicted octanol–water partition coefficient (Wildman–Crippen LogP) is 5.36. The Balaban J connectivity index is 1.54. The quantitative estimate of drug-likeness (QED) is 0.434. The SMILES string of the molecule is C=CC[C@@H](COC(=O)Nc1cc2ccccc2cn1)N(C)C(=O)NCc1cccc(F)c1Cl. The van der Waals surface area contributed by atoms with E-state index >= 15 is 0 Å². The summed E-state index contributed by atoms with van der Waals surface area (Å²) in [7, 11) is 1.57. The first-order chi connectivity index (χ1) is 15.9. The van der Waals surface area contributed by atoms with E-state index in [4.69, 9.17) is 16.3 Å². The van der Waals surface area contributed by atoms with Gasteiger partial charge in [-0.25, -0.2) is 19.0 Å².